The first-order valence-electron chi connectivity index (χ1n) is 10.7. The van der Waals surface area contributed by atoms with E-state index in [2.05, 4.69) is 24.5 Å². The Balaban J connectivity index is 1.39. The molecule has 0 amide bonds. The molecule has 0 bridgehead atoms. The van der Waals surface area contributed by atoms with Gasteiger partial charge >= 0.3 is 0 Å². The summed E-state index contributed by atoms with van der Waals surface area (Å²) in [6.45, 7) is 4.96. The first-order valence-corrected chi connectivity index (χ1v) is 10.7. The molecule has 0 spiro atoms. The molecule has 0 aromatic heterocycles. The van der Waals surface area contributed by atoms with E-state index in [1.165, 1.54) is 70.6 Å². The highest BCUT2D eigenvalue weighted by molar-refractivity contribution is 5.06. The SMILES string of the molecule is CC1CCC2NC3C(N[C@@H](C)C4CCCCC4)CCCC3C2C1. The van der Waals surface area contributed by atoms with Gasteiger partial charge in [-0.25, -0.2) is 0 Å². The zero-order valence-electron chi connectivity index (χ0n) is 15.4. The minimum atomic E-state index is 0.724. The average Bonchev–Trinajstić information content (AvgIpc) is 2.95. The molecule has 4 fully saturated rings. The van der Waals surface area contributed by atoms with E-state index in [0.717, 1.165) is 47.8 Å². The van der Waals surface area contributed by atoms with Gasteiger partial charge in [-0.1, -0.05) is 32.6 Å². The van der Waals surface area contributed by atoms with Gasteiger partial charge in [0.2, 0.25) is 0 Å². The Morgan fingerprint density at radius 3 is 2.52 bits per heavy atom. The average molecular weight is 319 g/mol. The molecule has 2 N–H and O–H groups in total. The van der Waals surface area contributed by atoms with Crippen LogP contribution in [0.25, 0.3) is 0 Å². The van der Waals surface area contributed by atoms with Gasteiger partial charge in [-0.2, -0.15) is 0 Å². The van der Waals surface area contributed by atoms with Crippen LogP contribution in [0.5, 0.6) is 0 Å². The molecule has 6 unspecified atom stereocenters. The monoisotopic (exact) mass is 318 g/mol. The maximum atomic E-state index is 4.12. The summed E-state index contributed by atoms with van der Waals surface area (Å²) in [5.41, 5.74) is 0. The second-order valence-electron chi connectivity index (χ2n) is 9.44. The lowest BCUT2D eigenvalue weighted by Gasteiger charge is -2.40. The Hall–Kier alpha value is -0.0800. The van der Waals surface area contributed by atoms with Crippen LogP contribution in [0, 0.1) is 23.7 Å². The third kappa shape index (κ3) is 3.35. The fourth-order valence-corrected chi connectivity index (χ4v) is 6.60. The van der Waals surface area contributed by atoms with Gasteiger partial charge in [0.05, 0.1) is 0 Å². The van der Waals surface area contributed by atoms with Crippen LogP contribution < -0.4 is 10.6 Å². The van der Waals surface area contributed by atoms with Gasteiger partial charge in [-0.3, -0.25) is 0 Å². The molecule has 1 aliphatic heterocycles. The fraction of sp³-hybridized carbons (Fsp3) is 1.00. The second kappa shape index (κ2) is 7.04. The molecule has 2 nitrogen and oxygen atoms in total. The molecule has 2 heteroatoms. The molecule has 132 valence electrons. The number of nitrogens with one attached hydrogen (secondary N) is 2. The van der Waals surface area contributed by atoms with E-state index in [1.54, 1.807) is 0 Å². The second-order valence-corrected chi connectivity index (χ2v) is 9.44. The van der Waals surface area contributed by atoms with Crippen molar-refractivity contribution in [3.05, 3.63) is 0 Å². The van der Waals surface area contributed by atoms with Gasteiger partial charge in [0.25, 0.3) is 0 Å². The molecule has 7 atom stereocenters. The molecule has 0 aromatic rings. The lowest BCUT2D eigenvalue weighted by atomic mass is 9.69. The number of fused-ring (bicyclic) bond motifs is 3. The van der Waals surface area contributed by atoms with E-state index < -0.39 is 0 Å². The summed E-state index contributed by atoms with van der Waals surface area (Å²) in [7, 11) is 0. The van der Waals surface area contributed by atoms with Crippen molar-refractivity contribution < 1.29 is 0 Å². The first kappa shape index (κ1) is 16.4. The molecule has 0 radical (unpaired) electrons. The summed E-state index contributed by atoms with van der Waals surface area (Å²) < 4.78 is 0. The Bertz CT molecular complexity index is 389. The molecule has 1 heterocycles. The van der Waals surface area contributed by atoms with E-state index in [-0.39, 0.29) is 0 Å². The zero-order valence-corrected chi connectivity index (χ0v) is 15.4. The van der Waals surface area contributed by atoms with Crippen molar-refractivity contribution in [1.82, 2.24) is 10.6 Å². The first-order chi connectivity index (χ1) is 11.2. The normalized spacial score (nSPS) is 46.2. The van der Waals surface area contributed by atoms with Crippen molar-refractivity contribution >= 4 is 0 Å². The molecule has 4 aliphatic rings. The van der Waals surface area contributed by atoms with Crippen LogP contribution in [0.3, 0.4) is 0 Å². The molecule has 3 saturated carbocycles. The summed E-state index contributed by atoms with van der Waals surface area (Å²) in [5, 5.41) is 8.23. The minimum absolute atomic E-state index is 0.724. The Labute approximate surface area is 143 Å². The van der Waals surface area contributed by atoms with E-state index in [4.69, 9.17) is 0 Å². The van der Waals surface area contributed by atoms with Gasteiger partial charge in [-0.15, -0.1) is 0 Å². The number of rotatable bonds is 3. The van der Waals surface area contributed by atoms with Crippen LogP contribution in [0.1, 0.15) is 84.5 Å². The van der Waals surface area contributed by atoms with E-state index >= 15 is 0 Å². The maximum Gasteiger partial charge on any atom is 0.0255 e. The van der Waals surface area contributed by atoms with Gasteiger partial charge in [0.15, 0.2) is 0 Å². The van der Waals surface area contributed by atoms with Gasteiger partial charge < -0.3 is 10.6 Å². The molecule has 1 saturated heterocycles. The van der Waals surface area contributed by atoms with Crippen LogP contribution in [0.4, 0.5) is 0 Å². The molecule has 0 aromatic carbocycles. The van der Waals surface area contributed by atoms with E-state index in [1.807, 2.05) is 0 Å². The Morgan fingerprint density at radius 2 is 1.70 bits per heavy atom. The third-order valence-electron chi connectivity index (χ3n) is 7.90. The molecular weight excluding hydrogens is 280 g/mol. The lowest BCUT2D eigenvalue weighted by Crippen LogP contribution is -2.54. The van der Waals surface area contributed by atoms with Crippen LogP contribution in [0.2, 0.25) is 0 Å². The predicted molar refractivity (Wildman–Crippen MR) is 97.5 cm³/mol. The summed E-state index contributed by atoms with van der Waals surface area (Å²) in [5.74, 6) is 3.85. The molecule has 23 heavy (non-hydrogen) atoms. The van der Waals surface area contributed by atoms with Crippen LogP contribution in [-0.2, 0) is 0 Å². The summed E-state index contributed by atoms with van der Waals surface area (Å²) in [6, 6.07) is 3.08. The zero-order chi connectivity index (χ0) is 15.8. The Kier molecular flexibility index (Phi) is 5.02. The largest absolute Gasteiger partial charge is 0.310 e. The minimum Gasteiger partial charge on any atom is -0.310 e. The summed E-state index contributed by atoms with van der Waals surface area (Å²) in [6.07, 6.45) is 16.0. The highest BCUT2D eigenvalue weighted by atomic mass is 15.1. The van der Waals surface area contributed by atoms with E-state index in [0.29, 0.717) is 0 Å². The number of hydrogen-bond donors (Lipinski definition) is 2. The highest BCUT2D eigenvalue weighted by Crippen LogP contribution is 2.45. The van der Waals surface area contributed by atoms with Crippen molar-refractivity contribution in [2.24, 2.45) is 23.7 Å². The molecule has 4 rings (SSSR count). The van der Waals surface area contributed by atoms with Gasteiger partial charge in [0, 0.05) is 24.2 Å². The van der Waals surface area contributed by atoms with Crippen molar-refractivity contribution in [3.63, 3.8) is 0 Å². The summed E-state index contributed by atoms with van der Waals surface area (Å²) in [4.78, 5) is 0. The topological polar surface area (TPSA) is 24.1 Å². The fourth-order valence-electron chi connectivity index (χ4n) is 6.60. The quantitative estimate of drug-likeness (QED) is 0.801. The van der Waals surface area contributed by atoms with Crippen LogP contribution in [-0.4, -0.2) is 24.2 Å². The van der Waals surface area contributed by atoms with Crippen molar-refractivity contribution in [1.29, 1.82) is 0 Å². The Morgan fingerprint density at radius 1 is 0.870 bits per heavy atom. The smallest absolute Gasteiger partial charge is 0.0255 e. The van der Waals surface area contributed by atoms with Gasteiger partial charge in [0.1, 0.15) is 0 Å². The number of hydrogen-bond acceptors (Lipinski definition) is 2. The molecule has 3 aliphatic carbocycles. The summed E-state index contributed by atoms with van der Waals surface area (Å²) >= 11 is 0. The predicted octanol–water partition coefficient (Wildman–Crippen LogP) is 4.49. The molecular formula is C21H38N2. The third-order valence-corrected chi connectivity index (χ3v) is 7.90. The van der Waals surface area contributed by atoms with Crippen molar-refractivity contribution in [3.8, 4) is 0 Å². The maximum absolute atomic E-state index is 4.12. The van der Waals surface area contributed by atoms with Crippen LogP contribution in [0.15, 0.2) is 0 Å². The van der Waals surface area contributed by atoms with Crippen molar-refractivity contribution in [2.45, 2.75) is 109 Å². The van der Waals surface area contributed by atoms with E-state index in [9.17, 15) is 0 Å². The van der Waals surface area contributed by atoms with Crippen LogP contribution >= 0.6 is 0 Å². The standard InChI is InChI=1S/C21H38N2/c1-14-11-12-19-18(13-14)17-9-6-10-20(21(17)23-19)22-15(2)16-7-4-3-5-8-16/h14-23H,3-13H2,1-2H3/t14?,15-,17?,18?,19?,20?,21?/m0/s1. The van der Waals surface area contributed by atoms with Gasteiger partial charge in [-0.05, 0) is 75.5 Å². The highest BCUT2D eigenvalue weighted by Gasteiger charge is 2.48. The lowest BCUT2D eigenvalue weighted by molar-refractivity contribution is 0.164. The van der Waals surface area contributed by atoms with Crippen molar-refractivity contribution in [2.75, 3.05) is 0 Å².